The maximum atomic E-state index is 7.46. The van der Waals surface area contributed by atoms with Crippen LogP contribution in [0.25, 0.3) is 0 Å². The van der Waals surface area contributed by atoms with Gasteiger partial charge in [-0.15, -0.1) is 0 Å². The van der Waals surface area contributed by atoms with Crippen LogP contribution in [0.3, 0.4) is 0 Å². The Hall–Kier alpha value is -0.590. The summed E-state index contributed by atoms with van der Waals surface area (Å²) in [5.41, 5.74) is 0.964. The minimum Gasteiger partial charge on any atom is -0.305 e. The lowest BCUT2D eigenvalue weighted by atomic mass is 9.89. The first kappa shape index (κ1) is 9.41. The van der Waals surface area contributed by atoms with Gasteiger partial charge in [-0.1, -0.05) is 26.8 Å². The largest absolute Gasteiger partial charge is 0.305 e. The van der Waals surface area contributed by atoms with Gasteiger partial charge in [-0.3, -0.25) is 0 Å². The van der Waals surface area contributed by atoms with E-state index in [2.05, 4.69) is 20.8 Å². The van der Waals surface area contributed by atoms with Crippen molar-refractivity contribution in [1.29, 1.82) is 5.41 Å². The highest BCUT2D eigenvalue weighted by Crippen LogP contribution is 2.18. The third kappa shape index (κ3) is 5.54. The second kappa shape index (κ2) is 3.55. The number of nitrogens with one attached hydrogen (secondary N) is 1. The Balaban J connectivity index is 3.81. The third-order valence-corrected chi connectivity index (χ3v) is 1.09. The average molecular weight is 139 g/mol. The highest BCUT2D eigenvalue weighted by molar-refractivity contribution is 5.92. The summed E-state index contributed by atoms with van der Waals surface area (Å²) in [6.07, 6.45) is 4.62. The van der Waals surface area contributed by atoms with Crippen molar-refractivity contribution in [1.82, 2.24) is 0 Å². The van der Waals surface area contributed by atoms with Gasteiger partial charge in [0.2, 0.25) is 0 Å². The third-order valence-electron chi connectivity index (χ3n) is 1.09. The number of hydrogen-bond donors (Lipinski definition) is 1. The van der Waals surface area contributed by atoms with E-state index in [9.17, 15) is 0 Å². The summed E-state index contributed by atoms with van der Waals surface area (Å²) < 4.78 is 0. The predicted molar refractivity (Wildman–Crippen MR) is 46.6 cm³/mol. The van der Waals surface area contributed by atoms with E-state index in [1.54, 1.807) is 0 Å². The Kier molecular flexibility index (Phi) is 3.34. The molecule has 1 N–H and O–H groups in total. The summed E-state index contributed by atoms with van der Waals surface area (Å²) in [5.74, 6) is 0. The molecule has 0 heterocycles. The highest BCUT2D eigenvalue weighted by atomic mass is 14.4. The van der Waals surface area contributed by atoms with Gasteiger partial charge in [-0.2, -0.15) is 0 Å². The fraction of sp³-hybridized carbons (Fsp3) is 0.667. The monoisotopic (exact) mass is 139 g/mol. The molecule has 1 heteroatoms. The maximum absolute atomic E-state index is 7.46. The van der Waals surface area contributed by atoms with Gasteiger partial charge in [0, 0.05) is 5.71 Å². The van der Waals surface area contributed by atoms with E-state index in [1.165, 1.54) is 0 Å². The first-order valence-corrected chi connectivity index (χ1v) is 3.66. The van der Waals surface area contributed by atoms with Crippen LogP contribution in [0.1, 0.15) is 34.1 Å². The van der Waals surface area contributed by atoms with Crippen LogP contribution in [-0.4, -0.2) is 5.71 Å². The molecule has 0 radical (unpaired) electrons. The minimum absolute atomic E-state index is 0.247. The predicted octanol–water partition coefficient (Wildman–Crippen LogP) is 3.02. The first-order chi connectivity index (χ1) is 4.45. The molecule has 0 rings (SSSR count). The molecule has 10 heavy (non-hydrogen) atoms. The minimum atomic E-state index is 0.247. The fourth-order valence-corrected chi connectivity index (χ4v) is 0.831. The summed E-state index contributed by atoms with van der Waals surface area (Å²) in [4.78, 5) is 0. The Morgan fingerprint density at radius 1 is 1.40 bits per heavy atom. The molecule has 0 fully saturated rings. The molecule has 0 saturated carbocycles. The van der Waals surface area contributed by atoms with E-state index >= 15 is 0 Å². The normalized spacial score (nSPS) is 12.4. The number of rotatable bonds is 2. The van der Waals surface area contributed by atoms with Crippen LogP contribution in [0.2, 0.25) is 0 Å². The zero-order valence-electron chi connectivity index (χ0n) is 7.36. The Morgan fingerprint density at radius 2 is 1.90 bits per heavy atom. The summed E-state index contributed by atoms with van der Waals surface area (Å²) in [6.45, 7) is 8.37. The summed E-state index contributed by atoms with van der Waals surface area (Å²) in [7, 11) is 0. The molecule has 0 aromatic rings. The molecule has 0 aromatic carbocycles. The molecule has 0 atom stereocenters. The van der Waals surface area contributed by atoms with Crippen LogP contribution in [0, 0.1) is 10.8 Å². The molecular weight excluding hydrogens is 122 g/mol. The van der Waals surface area contributed by atoms with Crippen LogP contribution < -0.4 is 0 Å². The zero-order chi connectivity index (χ0) is 8.20. The van der Waals surface area contributed by atoms with Crippen LogP contribution in [0.5, 0.6) is 0 Å². The fourth-order valence-electron chi connectivity index (χ4n) is 0.831. The lowest BCUT2D eigenvalue weighted by Crippen LogP contribution is -2.10. The van der Waals surface area contributed by atoms with Gasteiger partial charge in [0.1, 0.15) is 0 Å². The van der Waals surface area contributed by atoms with Crippen LogP contribution >= 0.6 is 0 Å². The SMILES string of the molecule is C/C=C\C(=N)CC(C)(C)C. The molecule has 0 saturated heterocycles. The Morgan fingerprint density at radius 3 is 2.20 bits per heavy atom. The van der Waals surface area contributed by atoms with Gasteiger partial charge in [-0.25, -0.2) is 0 Å². The van der Waals surface area contributed by atoms with Crippen molar-refractivity contribution >= 4 is 5.71 Å². The van der Waals surface area contributed by atoms with Gasteiger partial charge in [-0.05, 0) is 24.8 Å². The first-order valence-electron chi connectivity index (χ1n) is 3.66. The molecule has 0 amide bonds. The van der Waals surface area contributed by atoms with Crippen molar-refractivity contribution in [2.45, 2.75) is 34.1 Å². The molecule has 1 nitrogen and oxygen atoms in total. The molecule has 0 spiro atoms. The van der Waals surface area contributed by atoms with Gasteiger partial charge in [0.15, 0.2) is 0 Å². The van der Waals surface area contributed by atoms with E-state index in [-0.39, 0.29) is 5.41 Å². The topological polar surface area (TPSA) is 23.9 Å². The van der Waals surface area contributed by atoms with Gasteiger partial charge in [0.05, 0.1) is 0 Å². The van der Waals surface area contributed by atoms with Gasteiger partial charge in [0.25, 0.3) is 0 Å². The smallest absolute Gasteiger partial charge is 0.0315 e. The molecule has 0 aliphatic heterocycles. The van der Waals surface area contributed by atoms with Crippen molar-refractivity contribution in [2.24, 2.45) is 5.41 Å². The van der Waals surface area contributed by atoms with Crippen molar-refractivity contribution in [3.63, 3.8) is 0 Å². The van der Waals surface area contributed by atoms with Crippen molar-refractivity contribution in [2.75, 3.05) is 0 Å². The van der Waals surface area contributed by atoms with E-state index in [0.717, 1.165) is 12.1 Å². The van der Waals surface area contributed by atoms with Crippen LogP contribution in [-0.2, 0) is 0 Å². The van der Waals surface area contributed by atoms with E-state index in [1.807, 2.05) is 19.1 Å². The lowest BCUT2D eigenvalue weighted by molar-refractivity contribution is 0.434. The van der Waals surface area contributed by atoms with Crippen molar-refractivity contribution < 1.29 is 0 Å². The molecule has 0 aromatic heterocycles. The molecule has 0 aliphatic carbocycles. The average Bonchev–Trinajstić information content (AvgIpc) is 1.59. The maximum Gasteiger partial charge on any atom is 0.0315 e. The Bertz CT molecular complexity index is 137. The van der Waals surface area contributed by atoms with E-state index in [4.69, 9.17) is 5.41 Å². The number of hydrogen-bond acceptors (Lipinski definition) is 1. The quantitative estimate of drug-likeness (QED) is 0.569. The van der Waals surface area contributed by atoms with Gasteiger partial charge < -0.3 is 5.41 Å². The molecule has 0 unspecified atom stereocenters. The lowest BCUT2D eigenvalue weighted by Gasteiger charge is -2.16. The second-order valence-corrected chi connectivity index (χ2v) is 3.76. The summed E-state index contributed by atoms with van der Waals surface area (Å²) in [5, 5.41) is 7.46. The van der Waals surface area contributed by atoms with Crippen LogP contribution in [0.4, 0.5) is 0 Å². The summed E-state index contributed by atoms with van der Waals surface area (Å²) in [6, 6.07) is 0. The molecule has 0 bridgehead atoms. The number of allylic oxidation sites excluding steroid dienone is 2. The van der Waals surface area contributed by atoms with Crippen LogP contribution in [0.15, 0.2) is 12.2 Å². The van der Waals surface area contributed by atoms with Crippen molar-refractivity contribution in [3.05, 3.63) is 12.2 Å². The molecule has 58 valence electrons. The second-order valence-electron chi connectivity index (χ2n) is 3.76. The highest BCUT2D eigenvalue weighted by Gasteiger charge is 2.10. The zero-order valence-corrected chi connectivity index (χ0v) is 7.36. The van der Waals surface area contributed by atoms with Gasteiger partial charge >= 0.3 is 0 Å². The standard InChI is InChI=1S/C9H17N/c1-5-6-8(10)7-9(2,3)4/h5-6,10H,7H2,1-4H3/b6-5-,10-8?. The van der Waals surface area contributed by atoms with Crippen molar-refractivity contribution in [3.8, 4) is 0 Å². The molecule has 0 aliphatic rings. The Labute approximate surface area is 63.7 Å². The van der Waals surface area contributed by atoms with E-state index < -0.39 is 0 Å². The summed E-state index contributed by atoms with van der Waals surface area (Å²) >= 11 is 0. The van der Waals surface area contributed by atoms with E-state index in [0.29, 0.717) is 0 Å². The molecular formula is C9H17N.